The summed E-state index contributed by atoms with van der Waals surface area (Å²) in [6.45, 7) is 1.83. The standard InChI is InChI=1S/C22H25F2N3O3/c1-26(7-8-27(9-10-28)16-5-6-16)17-4-3-15(14-29)18(11-17)19-12-20(22(23)24)25-13-21(19)30-2/h3-4,10-14,16,22H,5-9H2,1-2H3. The molecule has 0 aliphatic heterocycles. The van der Waals surface area contributed by atoms with Gasteiger partial charge in [-0.05, 0) is 42.7 Å². The van der Waals surface area contributed by atoms with Crippen LogP contribution in [0.4, 0.5) is 14.5 Å². The molecule has 1 aliphatic rings. The lowest BCUT2D eigenvalue weighted by Gasteiger charge is -2.26. The van der Waals surface area contributed by atoms with E-state index < -0.39 is 6.43 Å². The van der Waals surface area contributed by atoms with Crippen LogP contribution >= 0.6 is 0 Å². The van der Waals surface area contributed by atoms with E-state index in [1.54, 1.807) is 12.1 Å². The van der Waals surface area contributed by atoms with E-state index >= 15 is 0 Å². The Bertz CT molecular complexity index is 903. The summed E-state index contributed by atoms with van der Waals surface area (Å²) >= 11 is 0. The first-order chi connectivity index (χ1) is 14.5. The smallest absolute Gasteiger partial charge is 0.280 e. The molecule has 30 heavy (non-hydrogen) atoms. The van der Waals surface area contributed by atoms with Crippen molar-refractivity contribution >= 4 is 18.3 Å². The van der Waals surface area contributed by atoms with Crippen LogP contribution in [0.2, 0.25) is 0 Å². The Balaban J connectivity index is 1.89. The van der Waals surface area contributed by atoms with Crippen molar-refractivity contribution in [3.8, 4) is 16.9 Å². The van der Waals surface area contributed by atoms with Gasteiger partial charge in [-0.3, -0.25) is 14.7 Å². The predicted octanol–water partition coefficient (Wildman–Crippen LogP) is 3.61. The van der Waals surface area contributed by atoms with Crippen LogP contribution in [0.3, 0.4) is 0 Å². The summed E-state index contributed by atoms with van der Waals surface area (Å²) in [4.78, 5) is 30.4. The SMILES string of the molecule is COc1cnc(C(F)F)cc1-c1cc(N(C)CCN(CC=O)C2CC2)ccc1C=O. The molecule has 1 aromatic carbocycles. The van der Waals surface area contributed by atoms with E-state index in [4.69, 9.17) is 4.74 Å². The molecule has 1 aromatic heterocycles. The topological polar surface area (TPSA) is 62.7 Å². The average molecular weight is 417 g/mol. The number of pyridine rings is 1. The van der Waals surface area contributed by atoms with E-state index in [1.165, 1.54) is 19.4 Å². The van der Waals surface area contributed by atoms with Crippen LogP contribution in [0.5, 0.6) is 5.75 Å². The van der Waals surface area contributed by atoms with Gasteiger partial charge < -0.3 is 14.4 Å². The zero-order valence-electron chi connectivity index (χ0n) is 17.1. The number of anilines is 1. The van der Waals surface area contributed by atoms with E-state index in [2.05, 4.69) is 9.88 Å². The summed E-state index contributed by atoms with van der Waals surface area (Å²) in [5, 5.41) is 0. The number of carbonyl (C=O) groups is 2. The minimum absolute atomic E-state index is 0.313. The van der Waals surface area contributed by atoms with Crippen molar-refractivity contribution < 1.29 is 23.1 Å². The van der Waals surface area contributed by atoms with Crippen LogP contribution in [-0.2, 0) is 4.79 Å². The molecule has 1 aliphatic carbocycles. The van der Waals surface area contributed by atoms with Gasteiger partial charge >= 0.3 is 0 Å². The van der Waals surface area contributed by atoms with Crippen molar-refractivity contribution in [3.05, 3.63) is 41.7 Å². The molecular formula is C22H25F2N3O3. The second-order valence-electron chi connectivity index (χ2n) is 7.31. The second kappa shape index (κ2) is 9.75. The summed E-state index contributed by atoms with van der Waals surface area (Å²) < 4.78 is 31.7. The minimum Gasteiger partial charge on any atom is -0.494 e. The molecule has 160 valence electrons. The minimum atomic E-state index is -2.73. The normalized spacial score (nSPS) is 13.5. The molecule has 0 unspecified atom stereocenters. The van der Waals surface area contributed by atoms with Gasteiger partial charge in [-0.2, -0.15) is 0 Å². The molecule has 0 spiro atoms. The summed E-state index contributed by atoms with van der Waals surface area (Å²) in [5.41, 5.74) is 1.71. The van der Waals surface area contributed by atoms with Crippen LogP contribution in [0.1, 0.15) is 35.3 Å². The lowest BCUT2D eigenvalue weighted by Crippen LogP contribution is -2.35. The fourth-order valence-corrected chi connectivity index (χ4v) is 3.44. The zero-order chi connectivity index (χ0) is 21.7. The molecule has 0 atom stereocenters. The molecular weight excluding hydrogens is 392 g/mol. The highest BCUT2D eigenvalue weighted by Crippen LogP contribution is 2.36. The van der Waals surface area contributed by atoms with Gasteiger partial charge in [-0.15, -0.1) is 0 Å². The van der Waals surface area contributed by atoms with Gasteiger partial charge in [-0.1, -0.05) is 0 Å². The van der Waals surface area contributed by atoms with E-state index in [0.717, 1.165) is 31.4 Å². The van der Waals surface area contributed by atoms with Gasteiger partial charge in [0.2, 0.25) is 0 Å². The molecule has 1 saturated carbocycles. The predicted molar refractivity (Wildman–Crippen MR) is 110 cm³/mol. The quantitative estimate of drug-likeness (QED) is 0.521. The Morgan fingerprint density at radius 2 is 1.97 bits per heavy atom. The number of aldehydes is 2. The molecule has 8 heteroatoms. The highest BCUT2D eigenvalue weighted by molar-refractivity contribution is 5.91. The number of halogens is 2. The van der Waals surface area contributed by atoms with Crippen LogP contribution in [-0.4, -0.2) is 62.3 Å². The van der Waals surface area contributed by atoms with Gasteiger partial charge in [-0.25, -0.2) is 8.78 Å². The Kier molecular flexibility index (Phi) is 7.10. The molecule has 0 bridgehead atoms. The molecule has 1 fully saturated rings. The van der Waals surface area contributed by atoms with Crippen molar-refractivity contribution in [2.75, 3.05) is 38.7 Å². The maximum absolute atomic E-state index is 13.2. The number of ether oxygens (including phenoxy) is 1. The van der Waals surface area contributed by atoms with Gasteiger partial charge in [0.05, 0.1) is 19.9 Å². The van der Waals surface area contributed by atoms with E-state index in [0.29, 0.717) is 47.9 Å². The molecule has 0 radical (unpaired) electrons. The Labute approximate surface area is 174 Å². The average Bonchev–Trinajstić information content (AvgIpc) is 3.60. The summed E-state index contributed by atoms with van der Waals surface area (Å²) in [6, 6.07) is 7.01. The van der Waals surface area contributed by atoms with Gasteiger partial charge in [0.25, 0.3) is 6.43 Å². The van der Waals surface area contributed by atoms with Crippen LogP contribution in [0, 0.1) is 0 Å². The van der Waals surface area contributed by atoms with E-state index in [1.807, 2.05) is 18.0 Å². The Morgan fingerprint density at radius 1 is 1.20 bits per heavy atom. The van der Waals surface area contributed by atoms with E-state index in [9.17, 15) is 18.4 Å². The first kappa shape index (κ1) is 21.8. The fourth-order valence-electron chi connectivity index (χ4n) is 3.44. The highest BCUT2D eigenvalue weighted by Gasteiger charge is 2.28. The summed E-state index contributed by atoms with van der Waals surface area (Å²) in [5.74, 6) is 0.313. The number of rotatable bonds is 11. The second-order valence-corrected chi connectivity index (χ2v) is 7.31. The molecule has 3 rings (SSSR count). The largest absolute Gasteiger partial charge is 0.494 e. The van der Waals surface area contributed by atoms with Crippen molar-refractivity contribution in [2.45, 2.75) is 25.3 Å². The van der Waals surface area contributed by atoms with Gasteiger partial charge in [0, 0.05) is 43.0 Å². The van der Waals surface area contributed by atoms with Crippen molar-refractivity contribution in [1.29, 1.82) is 0 Å². The molecule has 2 aromatic rings. The fraction of sp³-hybridized carbons (Fsp3) is 0.409. The number of alkyl halides is 2. The van der Waals surface area contributed by atoms with E-state index in [-0.39, 0.29) is 5.69 Å². The Hall–Kier alpha value is -2.87. The number of hydrogen-bond donors (Lipinski definition) is 0. The number of aromatic nitrogens is 1. The third kappa shape index (κ3) is 4.99. The monoisotopic (exact) mass is 417 g/mol. The van der Waals surface area contributed by atoms with Crippen molar-refractivity contribution in [2.24, 2.45) is 0 Å². The summed E-state index contributed by atoms with van der Waals surface area (Å²) in [6.07, 6.45) is 2.36. The molecule has 0 saturated heterocycles. The maximum atomic E-state index is 13.2. The van der Waals surface area contributed by atoms with Crippen LogP contribution in [0.25, 0.3) is 11.1 Å². The number of nitrogens with zero attached hydrogens (tertiary/aromatic N) is 3. The van der Waals surface area contributed by atoms with Crippen molar-refractivity contribution in [3.63, 3.8) is 0 Å². The number of carbonyl (C=O) groups excluding carboxylic acids is 2. The van der Waals surface area contributed by atoms with Gasteiger partial charge in [0.15, 0.2) is 6.29 Å². The molecule has 0 N–H and O–H groups in total. The van der Waals surface area contributed by atoms with Crippen LogP contribution < -0.4 is 9.64 Å². The molecule has 1 heterocycles. The first-order valence-electron chi connectivity index (χ1n) is 9.79. The first-order valence-corrected chi connectivity index (χ1v) is 9.79. The number of methoxy groups -OCH3 is 1. The number of likely N-dealkylation sites (N-methyl/N-ethyl adjacent to an activating group) is 1. The molecule has 6 nitrogen and oxygen atoms in total. The summed E-state index contributed by atoms with van der Waals surface area (Å²) in [7, 11) is 3.35. The highest BCUT2D eigenvalue weighted by atomic mass is 19.3. The van der Waals surface area contributed by atoms with Crippen LogP contribution in [0.15, 0.2) is 30.5 Å². The van der Waals surface area contributed by atoms with Gasteiger partial charge in [0.1, 0.15) is 17.7 Å². The lowest BCUT2D eigenvalue weighted by atomic mass is 9.98. The van der Waals surface area contributed by atoms with Crippen molar-refractivity contribution in [1.82, 2.24) is 9.88 Å². The third-order valence-corrected chi connectivity index (χ3v) is 5.32. The third-order valence-electron chi connectivity index (χ3n) is 5.32. The Morgan fingerprint density at radius 3 is 2.57 bits per heavy atom. The maximum Gasteiger partial charge on any atom is 0.280 e. The number of benzene rings is 1. The molecule has 0 amide bonds. The zero-order valence-corrected chi connectivity index (χ0v) is 17.1. The number of hydrogen-bond acceptors (Lipinski definition) is 6. The lowest BCUT2D eigenvalue weighted by molar-refractivity contribution is -0.109.